The van der Waals surface area contributed by atoms with Gasteiger partial charge in [0.05, 0.1) is 11.4 Å². The van der Waals surface area contributed by atoms with Gasteiger partial charge in [-0.05, 0) is 13.8 Å². The van der Waals surface area contributed by atoms with E-state index in [1.165, 1.54) is 10.6 Å². The molecule has 0 bridgehead atoms. The Morgan fingerprint density at radius 3 is 2.44 bits per heavy atom. The molecule has 2 N–H and O–H groups in total. The van der Waals surface area contributed by atoms with Crippen molar-refractivity contribution in [1.82, 2.24) is 9.38 Å². The minimum Gasteiger partial charge on any atom is -0.325 e. The van der Waals surface area contributed by atoms with Crippen molar-refractivity contribution in [3.63, 3.8) is 0 Å². The highest BCUT2D eigenvalue weighted by Gasteiger charge is 2.24. The van der Waals surface area contributed by atoms with Gasteiger partial charge in [0.2, 0.25) is 0 Å². The molecule has 2 aromatic heterocycles. The summed E-state index contributed by atoms with van der Waals surface area (Å²) < 4.78 is 2.21. The summed E-state index contributed by atoms with van der Waals surface area (Å²) in [6.07, 6.45) is 0. The molecule has 0 amide bonds. The van der Waals surface area contributed by atoms with Crippen LogP contribution in [0.3, 0.4) is 0 Å². The average Bonchev–Trinajstić information content (AvgIpc) is 2.65. The van der Waals surface area contributed by atoms with Crippen LogP contribution in [-0.2, 0) is 12.0 Å². The van der Waals surface area contributed by atoms with E-state index in [0.717, 1.165) is 16.3 Å². The predicted octanol–water partition coefficient (Wildman–Crippen LogP) is 2.77. The molecule has 0 spiro atoms. The molecular formula is C12H19N3S. The number of fused-ring (bicyclic) bond motifs is 1. The quantitative estimate of drug-likeness (QED) is 0.828. The molecule has 2 heterocycles. The minimum atomic E-state index is 0.0563. The molecule has 0 saturated carbocycles. The second kappa shape index (κ2) is 3.57. The fraction of sp³-hybridized carbons (Fsp3) is 0.583. The van der Waals surface area contributed by atoms with Gasteiger partial charge in [-0.1, -0.05) is 20.8 Å². The maximum absolute atomic E-state index is 5.88. The maximum atomic E-state index is 5.88. The first kappa shape index (κ1) is 11.6. The van der Waals surface area contributed by atoms with E-state index in [1.807, 2.05) is 0 Å². The molecule has 0 atom stereocenters. The van der Waals surface area contributed by atoms with E-state index in [9.17, 15) is 0 Å². The Bertz CT molecular complexity index is 528. The van der Waals surface area contributed by atoms with E-state index in [4.69, 9.17) is 10.7 Å². The summed E-state index contributed by atoms with van der Waals surface area (Å²) >= 11 is 1.74. The number of imidazole rings is 1. The highest BCUT2D eigenvalue weighted by molar-refractivity contribution is 7.17. The molecule has 2 rings (SSSR count). The molecule has 0 radical (unpaired) electrons. The summed E-state index contributed by atoms with van der Waals surface area (Å²) in [5, 5.41) is 0. The summed E-state index contributed by atoms with van der Waals surface area (Å²) in [5.41, 5.74) is 9.49. The second-order valence-electron chi connectivity index (χ2n) is 5.22. The number of aryl methyl sites for hydroxylation is 2. The SMILES string of the molecule is Cc1sc2nc(C(C)(C)C)c(CN)n2c1C. The Hall–Kier alpha value is -0.870. The number of aromatic nitrogens is 2. The summed E-state index contributed by atoms with van der Waals surface area (Å²) in [4.78, 5) is 7.12. The Balaban J connectivity index is 2.80. The summed E-state index contributed by atoms with van der Waals surface area (Å²) in [6, 6.07) is 0. The zero-order valence-electron chi connectivity index (χ0n) is 10.6. The van der Waals surface area contributed by atoms with E-state index in [2.05, 4.69) is 39.0 Å². The number of thiazole rings is 1. The van der Waals surface area contributed by atoms with Crippen LogP contribution < -0.4 is 5.73 Å². The van der Waals surface area contributed by atoms with E-state index >= 15 is 0 Å². The first-order valence-electron chi connectivity index (χ1n) is 5.54. The van der Waals surface area contributed by atoms with Crippen LogP contribution in [0, 0.1) is 13.8 Å². The van der Waals surface area contributed by atoms with Gasteiger partial charge in [-0.15, -0.1) is 11.3 Å². The summed E-state index contributed by atoms with van der Waals surface area (Å²) in [6.45, 7) is 11.4. The van der Waals surface area contributed by atoms with Gasteiger partial charge in [0, 0.05) is 22.5 Å². The first-order chi connectivity index (χ1) is 7.36. The van der Waals surface area contributed by atoms with Crippen LogP contribution in [0.5, 0.6) is 0 Å². The van der Waals surface area contributed by atoms with Crippen LogP contribution in [0.2, 0.25) is 0 Å². The molecule has 0 aliphatic heterocycles. The van der Waals surface area contributed by atoms with Gasteiger partial charge in [0.15, 0.2) is 4.96 Å². The van der Waals surface area contributed by atoms with Crippen molar-refractivity contribution in [2.45, 2.75) is 46.6 Å². The van der Waals surface area contributed by atoms with Crippen LogP contribution in [0.4, 0.5) is 0 Å². The van der Waals surface area contributed by atoms with Gasteiger partial charge in [-0.25, -0.2) is 4.98 Å². The normalized spacial score (nSPS) is 12.6. The lowest BCUT2D eigenvalue weighted by Gasteiger charge is -2.17. The molecule has 0 fully saturated rings. The lowest BCUT2D eigenvalue weighted by atomic mass is 9.90. The van der Waals surface area contributed by atoms with Crippen LogP contribution in [0.15, 0.2) is 0 Å². The topological polar surface area (TPSA) is 43.3 Å². The van der Waals surface area contributed by atoms with Crippen LogP contribution in [0.25, 0.3) is 4.96 Å². The van der Waals surface area contributed by atoms with E-state index in [-0.39, 0.29) is 5.41 Å². The molecule has 16 heavy (non-hydrogen) atoms. The zero-order chi connectivity index (χ0) is 12.1. The van der Waals surface area contributed by atoms with Crippen LogP contribution in [-0.4, -0.2) is 9.38 Å². The van der Waals surface area contributed by atoms with Crippen molar-refractivity contribution in [2.75, 3.05) is 0 Å². The molecule has 0 saturated heterocycles. The predicted molar refractivity (Wildman–Crippen MR) is 69.1 cm³/mol. The summed E-state index contributed by atoms with van der Waals surface area (Å²) in [7, 11) is 0. The number of rotatable bonds is 1. The highest BCUT2D eigenvalue weighted by atomic mass is 32.1. The van der Waals surface area contributed by atoms with Gasteiger partial charge in [-0.3, -0.25) is 4.40 Å². The first-order valence-corrected chi connectivity index (χ1v) is 6.35. The van der Waals surface area contributed by atoms with Crippen LogP contribution in [0.1, 0.15) is 42.7 Å². The summed E-state index contributed by atoms with van der Waals surface area (Å²) in [5.74, 6) is 0. The molecule has 4 heteroatoms. The molecule has 2 aromatic rings. The fourth-order valence-electron chi connectivity index (χ4n) is 2.00. The van der Waals surface area contributed by atoms with Crippen molar-refractivity contribution in [1.29, 1.82) is 0 Å². The van der Waals surface area contributed by atoms with Crippen molar-refractivity contribution >= 4 is 16.3 Å². The van der Waals surface area contributed by atoms with E-state index < -0.39 is 0 Å². The Morgan fingerprint density at radius 2 is 1.94 bits per heavy atom. The molecule has 0 unspecified atom stereocenters. The molecule has 0 aromatic carbocycles. The van der Waals surface area contributed by atoms with Crippen molar-refractivity contribution in [3.8, 4) is 0 Å². The number of nitrogens with zero attached hydrogens (tertiary/aromatic N) is 2. The number of hydrogen-bond donors (Lipinski definition) is 1. The Morgan fingerprint density at radius 1 is 1.31 bits per heavy atom. The third-order valence-corrected chi connectivity index (χ3v) is 3.99. The Labute approximate surface area is 100 Å². The molecular weight excluding hydrogens is 218 g/mol. The van der Waals surface area contributed by atoms with Gasteiger partial charge in [0.1, 0.15) is 0 Å². The average molecular weight is 237 g/mol. The third kappa shape index (κ3) is 1.57. The van der Waals surface area contributed by atoms with Crippen molar-refractivity contribution in [2.24, 2.45) is 5.73 Å². The maximum Gasteiger partial charge on any atom is 0.194 e. The van der Waals surface area contributed by atoms with Gasteiger partial charge < -0.3 is 5.73 Å². The minimum absolute atomic E-state index is 0.0563. The smallest absolute Gasteiger partial charge is 0.194 e. The number of hydrogen-bond acceptors (Lipinski definition) is 3. The second-order valence-corrected chi connectivity index (χ2v) is 6.40. The van der Waals surface area contributed by atoms with Crippen molar-refractivity contribution < 1.29 is 0 Å². The van der Waals surface area contributed by atoms with E-state index in [1.54, 1.807) is 11.3 Å². The van der Waals surface area contributed by atoms with Crippen molar-refractivity contribution in [3.05, 3.63) is 22.0 Å². The van der Waals surface area contributed by atoms with Gasteiger partial charge in [0.25, 0.3) is 0 Å². The monoisotopic (exact) mass is 237 g/mol. The zero-order valence-corrected chi connectivity index (χ0v) is 11.4. The largest absolute Gasteiger partial charge is 0.325 e. The molecule has 0 aliphatic rings. The Kier molecular flexibility index (Phi) is 2.59. The van der Waals surface area contributed by atoms with Crippen LogP contribution >= 0.6 is 11.3 Å². The molecule has 0 aliphatic carbocycles. The van der Waals surface area contributed by atoms with E-state index in [0.29, 0.717) is 6.54 Å². The van der Waals surface area contributed by atoms with Gasteiger partial charge in [-0.2, -0.15) is 0 Å². The standard InChI is InChI=1S/C12H19N3S/c1-7-8(2)16-11-14-10(12(3,4)5)9(6-13)15(7)11/h6,13H2,1-5H3. The van der Waals surface area contributed by atoms with Gasteiger partial charge >= 0.3 is 0 Å². The lowest BCUT2D eigenvalue weighted by Crippen LogP contribution is -2.17. The fourth-order valence-corrected chi connectivity index (χ4v) is 2.99. The highest BCUT2D eigenvalue weighted by Crippen LogP contribution is 2.31. The lowest BCUT2D eigenvalue weighted by molar-refractivity contribution is 0.564. The number of nitrogens with two attached hydrogens (primary N) is 1. The molecule has 88 valence electrons. The third-order valence-electron chi connectivity index (χ3n) is 2.94. The molecule has 3 nitrogen and oxygen atoms in total.